The van der Waals surface area contributed by atoms with Crippen molar-refractivity contribution in [2.45, 2.75) is 19.6 Å². The van der Waals surface area contributed by atoms with E-state index in [0.717, 1.165) is 5.69 Å². The summed E-state index contributed by atoms with van der Waals surface area (Å²) in [6, 6.07) is 9.68. The lowest BCUT2D eigenvalue weighted by molar-refractivity contribution is -0.123. The van der Waals surface area contributed by atoms with Crippen LogP contribution in [0.4, 0.5) is 0 Å². The predicted molar refractivity (Wildman–Crippen MR) is 102 cm³/mol. The van der Waals surface area contributed by atoms with Gasteiger partial charge in [-0.3, -0.25) is 14.6 Å². The van der Waals surface area contributed by atoms with Crippen LogP contribution < -0.4 is 15.4 Å². The maximum absolute atomic E-state index is 12.7. The molecule has 3 aromatic rings. The summed E-state index contributed by atoms with van der Waals surface area (Å²) in [5.74, 6) is -0.0394. The molecule has 146 valence electrons. The zero-order valence-electron chi connectivity index (χ0n) is 15.6. The van der Waals surface area contributed by atoms with E-state index in [0.29, 0.717) is 28.0 Å². The molecule has 2 heterocycles. The molecule has 0 radical (unpaired) electrons. The van der Waals surface area contributed by atoms with Gasteiger partial charge in [-0.05, 0) is 37.3 Å². The molecule has 1 atom stereocenters. The zero-order chi connectivity index (χ0) is 20.1. The van der Waals surface area contributed by atoms with Gasteiger partial charge >= 0.3 is 0 Å². The van der Waals surface area contributed by atoms with Crippen molar-refractivity contribution in [3.63, 3.8) is 0 Å². The van der Waals surface area contributed by atoms with Crippen molar-refractivity contribution in [2.75, 3.05) is 13.7 Å². The molecule has 2 amide bonds. The lowest BCUT2D eigenvalue weighted by atomic mass is 10.1. The number of hydrogen-bond donors (Lipinski definition) is 3. The average molecular weight is 383 g/mol. The minimum absolute atomic E-state index is 0.286. The highest BCUT2D eigenvalue weighted by atomic mass is 16.5. The normalized spacial score (nSPS) is 11.8. The number of aliphatic hydroxyl groups excluding tert-OH is 1. The molecule has 0 fully saturated rings. The number of benzene rings is 1. The van der Waals surface area contributed by atoms with Crippen LogP contribution in [0.1, 0.15) is 21.8 Å². The minimum Gasteiger partial charge on any atom is -0.487 e. The predicted octanol–water partition coefficient (Wildman–Crippen LogP) is 1.55. The van der Waals surface area contributed by atoms with Crippen LogP contribution in [0.3, 0.4) is 0 Å². The Morgan fingerprint density at radius 2 is 2.11 bits per heavy atom. The van der Waals surface area contributed by atoms with Crippen LogP contribution in [0.25, 0.3) is 11.0 Å². The Hall–Kier alpha value is -3.39. The average Bonchev–Trinajstić information content (AvgIpc) is 3.05. The summed E-state index contributed by atoms with van der Waals surface area (Å²) in [4.78, 5) is 28.6. The number of aryl methyl sites for hydroxylation is 1. The number of amides is 2. The second-order valence-corrected chi connectivity index (χ2v) is 6.12. The van der Waals surface area contributed by atoms with Crippen LogP contribution in [0.5, 0.6) is 5.75 Å². The molecule has 0 aliphatic rings. The quantitative estimate of drug-likeness (QED) is 0.570. The fourth-order valence-electron chi connectivity index (χ4n) is 2.81. The molecular formula is C20H21N3O5. The zero-order valence-corrected chi connectivity index (χ0v) is 15.6. The van der Waals surface area contributed by atoms with E-state index in [9.17, 15) is 14.7 Å². The summed E-state index contributed by atoms with van der Waals surface area (Å²) in [5, 5.41) is 14.8. The van der Waals surface area contributed by atoms with Crippen molar-refractivity contribution in [3.8, 4) is 5.75 Å². The topological polar surface area (TPSA) is 114 Å². The Morgan fingerprint density at radius 1 is 1.29 bits per heavy atom. The molecule has 3 N–H and O–H groups in total. The number of rotatable bonds is 7. The molecule has 28 heavy (non-hydrogen) atoms. The van der Waals surface area contributed by atoms with Gasteiger partial charge in [0.2, 0.25) is 5.91 Å². The monoisotopic (exact) mass is 383 g/mol. The summed E-state index contributed by atoms with van der Waals surface area (Å²) in [5.41, 5.74) is 1.59. The molecule has 0 saturated heterocycles. The van der Waals surface area contributed by atoms with Crippen LogP contribution in [-0.2, 0) is 11.4 Å². The molecule has 8 nitrogen and oxygen atoms in total. The molecule has 0 spiro atoms. The first kappa shape index (κ1) is 19.4. The first-order valence-electron chi connectivity index (χ1n) is 8.72. The molecule has 8 heteroatoms. The lowest BCUT2D eigenvalue weighted by Gasteiger charge is -2.14. The molecular weight excluding hydrogens is 362 g/mol. The Kier molecular flexibility index (Phi) is 5.90. The van der Waals surface area contributed by atoms with E-state index in [2.05, 4.69) is 15.6 Å². The number of furan rings is 1. The smallest absolute Gasteiger partial charge is 0.256 e. The number of nitrogens with zero attached hydrogens (tertiary/aromatic N) is 1. The van der Waals surface area contributed by atoms with Crippen LogP contribution in [0, 0.1) is 6.92 Å². The molecule has 3 rings (SSSR count). The number of hydrogen-bond acceptors (Lipinski definition) is 6. The van der Waals surface area contributed by atoms with Crippen molar-refractivity contribution < 1.29 is 23.8 Å². The first-order chi connectivity index (χ1) is 13.5. The molecule has 1 unspecified atom stereocenters. The molecule has 0 aliphatic carbocycles. The second kappa shape index (κ2) is 8.53. The number of carbonyl (C=O) groups is 2. The van der Waals surface area contributed by atoms with Gasteiger partial charge in [-0.15, -0.1) is 0 Å². The highest BCUT2D eigenvalue weighted by molar-refractivity contribution is 6.08. The number of likely N-dealkylation sites (N-methyl/N-ethyl adjacent to an activating group) is 1. The minimum atomic E-state index is -1.05. The van der Waals surface area contributed by atoms with E-state index in [1.54, 1.807) is 31.3 Å². The third-order valence-corrected chi connectivity index (χ3v) is 4.23. The summed E-state index contributed by atoms with van der Waals surface area (Å²) >= 11 is 0. The number of aliphatic hydroxyl groups is 1. The van der Waals surface area contributed by atoms with Crippen LogP contribution >= 0.6 is 0 Å². The van der Waals surface area contributed by atoms with Crippen molar-refractivity contribution in [2.24, 2.45) is 0 Å². The molecule has 0 saturated carbocycles. The van der Waals surface area contributed by atoms with Gasteiger partial charge in [-0.1, -0.05) is 6.07 Å². The number of aromatic nitrogens is 1. The van der Waals surface area contributed by atoms with Crippen molar-refractivity contribution in [3.05, 3.63) is 59.6 Å². The number of carbonyl (C=O) groups excluding carboxylic acids is 2. The van der Waals surface area contributed by atoms with Crippen LogP contribution in [0.2, 0.25) is 0 Å². The van der Waals surface area contributed by atoms with Gasteiger partial charge in [0.25, 0.3) is 5.91 Å². The first-order valence-corrected chi connectivity index (χ1v) is 8.72. The third-order valence-electron chi connectivity index (χ3n) is 4.23. The Balaban J connectivity index is 1.84. The maximum Gasteiger partial charge on any atom is 0.256 e. The fourth-order valence-corrected chi connectivity index (χ4v) is 2.81. The van der Waals surface area contributed by atoms with Gasteiger partial charge in [-0.25, -0.2) is 0 Å². The van der Waals surface area contributed by atoms with Gasteiger partial charge in [0.05, 0.1) is 17.9 Å². The van der Waals surface area contributed by atoms with Crippen LogP contribution in [0.15, 0.2) is 47.0 Å². The van der Waals surface area contributed by atoms with E-state index < -0.39 is 24.5 Å². The van der Waals surface area contributed by atoms with E-state index in [1.807, 2.05) is 18.2 Å². The molecule has 1 aromatic carbocycles. The summed E-state index contributed by atoms with van der Waals surface area (Å²) in [6.45, 7) is 1.43. The second-order valence-electron chi connectivity index (χ2n) is 6.12. The number of pyridine rings is 1. The van der Waals surface area contributed by atoms with Gasteiger partial charge in [0, 0.05) is 18.6 Å². The molecule has 0 aliphatic heterocycles. The highest BCUT2D eigenvalue weighted by Gasteiger charge is 2.24. The van der Waals surface area contributed by atoms with Crippen LogP contribution in [-0.4, -0.2) is 41.6 Å². The Bertz CT molecular complexity index is 984. The molecule has 0 bridgehead atoms. The standard InChI is InChI=1S/C20H21N3O5/c1-12-18(20(26)23-16(10-24)19(25)21-2)15-9-14(6-7-17(15)28-12)27-11-13-5-3-4-8-22-13/h3-9,16,24H,10-11H2,1-2H3,(H,21,25)(H,23,26). The van der Waals surface area contributed by atoms with Crippen molar-refractivity contribution >= 4 is 22.8 Å². The van der Waals surface area contributed by atoms with Crippen molar-refractivity contribution in [1.82, 2.24) is 15.6 Å². The van der Waals surface area contributed by atoms with Gasteiger partial charge in [0.1, 0.15) is 29.7 Å². The fraction of sp³-hybridized carbons (Fsp3) is 0.250. The van der Waals surface area contributed by atoms with Crippen molar-refractivity contribution in [1.29, 1.82) is 0 Å². The lowest BCUT2D eigenvalue weighted by Crippen LogP contribution is -2.48. The van der Waals surface area contributed by atoms with Gasteiger partial charge in [-0.2, -0.15) is 0 Å². The number of nitrogens with one attached hydrogen (secondary N) is 2. The van der Waals surface area contributed by atoms with E-state index in [1.165, 1.54) is 7.05 Å². The Labute approximate surface area is 161 Å². The van der Waals surface area contributed by atoms with E-state index >= 15 is 0 Å². The Morgan fingerprint density at radius 3 is 2.79 bits per heavy atom. The largest absolute Gasteiger partial charge is 0.487 e. The molecule has 2 aromatic heterocycles. The highest BCUT2D eigenvalue weighted by Crippen LogP contribution is 2.29. The van der Waals surface area contributed by atoms with Gasteiger partial charge < -0.3 is 24.9 Å². The van der Waals surface area contributed by atoms with Gasteiger partial charge in [0.15, 0.2) is 0 Å². The van der Waals surface area contributed by atoms with E-state index in [4.69, 9.17) is 9.15 Å². The number of fused-ring (bicyclic) bond motifs is 1. The number of ether oxygens (including phenoxy) is 1. The van der Waals surface area contributed by atoms with E-state index in [-0.39, 0.29) is 6.61 Å². The maximum atomic E-state index is 12.7. The summed E-state index contributed by atoms with van der Waals surface area (Å²) in [7, 11) is 1.43. The summed E-state index contributed by atoms with van der Waals surface area (Å²) in [6.07, 6.45) is 1.69. The SMILES string of the molecule is CNC(=O)C(CO)NC(=O)c1c(C)oc2ccc(OCc3ccccn3)cc12. The third kappa shape index (κ3) is 4.12. The summed E-state index contributed by atoms with van der Waals surface area (Å²) < 4.78 is 11.4.